The summed E-state index contributed by atoms with van der Waals surface area (Å²) < 4.78 is 21.0. The molecule has 166 valence electrons. The summed E-state index contributed by atoms with van der Waals surface area (Å²) in [5.41, 5.74) is 2.31. The fourth-order valence-electron chi connectivity index (χ4n) is 4.09. The molecule has 0 aliphatic carbocycles. The number of nitrogens with zero attached hydrogens (tertiary/aromatic N) is 5. The van der Waals surface area contributed by atoms with Crippen LogP contribution in [0.4, 0.5) is 10.2 Å². The van der Waals surface area contributed by atoms with Crippen LogP contribution in [0.5, 0.6) is 0 Å². The molecule has 5 rings (SSSR count). The SMILES string of the molecule is CC(Nc1ncnc2[nH]cnc12)c1nc(CCN2CCOCC2)c2c(Cl)cccc2c1F. The summed E-state index contributed by atoms with van der Waals surface area (Å²) >= 11 is 6.49. The molecule has 1 aliphatic heterocycles. The van der Waals surface area contributed by atoms with Crippen molar-refractivity contribution in [3.63, 3.8) is 0 Å². The molecule has 4 aromatic rings. The lowest BCUT2D eigenvalue weighted by molar-refractivity contribution is 0.0384. The second-order valence-electron chi connectivity index (χ2n) is 7.81. The molecular formula is C22H23ClFN7O. The molecule has 0 spiro atoms. The number of aromatic amines is 1. The number of fused-ring (bicyclic) bond motifs is 2. The van der Waals surface area contributed by atoms with Gasteiger partial charge in [-0.1, -0.05) is 23.7 Å². The maximum absolute atomic E-state index is 15.6. The Morgan fingerprint density at radius 3 is 2.94 bits per heavy atom. The molecule has 1 aromatic carbocycles. The zero-order valence-electron chi connectivity index (χ0n) is 17.6. The molecule has 1 saturated heterocycles. The van der Waals surface area contributed by atoms with Gasteiger partial charge in [-0.15, -0.1) is 0 Å². The largest absolute Gasteiger partial charge is 0.379 e. The summed E-state index contributed by atoms with van der Waals surface area (Å²) in [4.78, 5) is 22.7. The Morgan fingerprint density at radius 1 is 1.25 bits per heavy atom. The summed E-state index contributed by atoms with van der Waals surface area (Å²) in [6.45, 7) is 5.88. The number of hydrogen-bond acceptors (Lipinski definition) is 7. The number of morpholine rings is 1. The minimum atomic E-state index is -0.449. The summed E-state index contributed by atoms with van der Waals surface area (Å²) in [7, 11) is 0. The third-order valence-corrected chi connectivity index (χ3v) is 6.08. The molecule has 2 N–H and O–H groups in total. The van der Waals surface area contributed by atoms with Crippen molar-refractivity contribution in [2.24, 2.45) is 0 Å². The molecule has 8 nitrogen and oxygen atoms in total. The van der Waals surface area contributed by atoms with Gasteiger partial charge in [0.25, 0.3) is 0 Å². The standard InChI is InChI=1S/C22H23ClFN7O/c1-13(29-22-20-21(26-11-25-20)27-12-28-22)19-18(24)14-3-2-4-15(23)17(14)16(30-19)5-6-31-7-9-32-10-8-31/h2-4,11-13H,5-10H2,1H3,(H2,25,26,27,28,29). The van der Waals surface area contributed by atoms with Crippen LogP contribution in [0.2, 0.25) is 5.02 Å². The summed E-state index contributed by atoms with van der Waals surface area (Å²) in [5, 5.41) is 4.90. The van der Waals surface area contributed by atoms with Crippen LogP contribution in [0.3, 0.4) is 0 Å². The van der Waals surface area contributed by atoms with Crippen molar-refractivity contribution in [1.82, 2.24) is 29.8 Å². The first-order chi connectivity index (χ1) is 15.6. The highest BCUT2D eigenvalue weighted by Gasteiger charge is 2.22. The molecule has 1 aliphatic rings. The van der Waals surface area contributed by atoms with Crippen molar-refractivity contribution in [1.29, 1.82) is 0 Å². The van der Waals surface area contributed by atoms with Gasteiger partial charge in [0.1, 0.15) is 11.8 Å². The third kappa shape index (κ3) is 3.99. The minimum absolute atomic E-state index is 0.319. The van der Waals surface area contributed by atoms with E-state index in [1.54, 1.807) is 24.5 Å². The van der Waals surface area contributed by atoms with E-state index < -0.39 is 6.04 Å². The minimum Gasteiger partial charge on any atom is -0.379 e. The van der Waals surface area contributed by atoms with Crippen LogP contribution in [0, 0.1) is 5.82 Å². The number of H-pyrrole nitrogens is 1. The fourth-order valence-corrected chi connectivity index (χ4v) is 4.37. The number of hydrogen-bond donors (Lipinski definition) is 2. The smallest absolute Gasteiger partial charge is 0.162 e. The first kappa shape index (κ1) is 21.0. The van der Waals surface area contributed by atoms with Crippen molar-refractivity contribution in [3.05, 3.63) is 53.1 Å². The average Bonchev–Trinajstić information content (AvgIpc) is 3.30. The number of imidazole rings is 1. The number of benzene rings is 1. The molecule has 0 saturated carbocycles. The molecule has 1 atom stereocenters. The van der Waals surface area contributed by atoms with E-state index in [0.717, 1.165) is 38.5 Å². The van der Waals surface area contributed by atoms with Gasteiger partial charge in [0.15, 0.2) is 17.3 Å². The zero-order chi connectivity index (χ0) is 22.1. The molecule has 3 aromatic heterocycles. The lowest BCUT2D eigenvalue weighted by atomic mass is 10.0. The van der Waals surface area contributed by atoms with E-state index >= 15 is 4.39 Å². The van der Waals surface area contributed by atoms with Crippen molar-refractivity contribution in [2.45, 2.75) is 19.4 Å². The van der Waals surface area contributed by atoms with E-state index in [9.17, 15) is 0 Å². The maximum Gasteiger partial charge on any atom is 0.162 e. The lowest BCUT2D eigenvalue weighted by Gasteiger charge is -2.26. The lowest BCUT2D eigenvalue weighted by Crippen LogP contribution is -2.37. The topological polar surface area (TPSA) is 91.9 Å². The Morgan fingerprint density at radius 2 is 2.09 bits per heavy atom. The van der Waals surface area contributed by atoms with Crippen molar-refractivity contribution < 1.29 is 9.13 Å². The average molecular weight is 456 g/mol. The van der Waals surface area contributed by atoms with E-state index in [4.69, 9.17) is 21.3 Å². The summed E-state index contributed by atoms with van der Waals surface area (Å²) in [5.74, 6) is 0.135. The highest BCUT2D eigenvalue weighted by molar-refractivity contribution is 6.35. The third-order valence-electron chi connectivity index (χ3n) is 5.77. The number of ether oxygens (including phenoxy) is 1. The van der Waals surface area contributed by atoms with Crippen molar-refractivity contribution in [3.8, 4) is 0 Å². The van der Waals surface area contributed by atoms with E-state index in [1.165, 1.54) is 6.33 Å². The Hall–Kier alpha value is -2.88. The van der Waals surface area contributed by atoms with Crippen LogP contribution in [0.1, 0.15) is 24.4 Å². The van der Waals surface area contributed by atoms with Gasteiger partial charge in [0.2, 0.25) is 0 Å². The summed E-state index contributed by atoms with van der Waals surface area (Å²) in [6, 6.07) is 4.85. The Balaban J connectivity index is 1.50. The van der Waals surface area contributed by atoms with Crippen molar-refractivity contribution in [2.75, 3.05) is 38.2 Å². The molecule has 0 radical (unpaired) electrons. The molecular weight excluding hydrogens is 433 g/mol. The normalized spacial score (nSPS) is 16.0. The Labute approximate surface area is 189 Å². The van der Waals surface area contributed by atoms with Gasteiger partial charge in [-0.05, 0) is 13.0 Å². The van der Waals surface area contributed by atoms with Gasteiger partial charge in [0.05, 0.1) is 42.0 Å². The van der Waals surface area contributed by atoms with Crippen LogP contribution >= 0.6 is 11.6 Å². The molecule has 10 heteroatoms. The number of rotatable bonds is 6. The second-order valence-corrected chi connectivity index (χ2v) is 8.22. The zero-order valence-corrected chi connectivity index (χ0v) is 18.4. The van der Waals surface area contributed by atoms with Gasteiger partial charge in [-0.25, -0.2) is 19.3 Å². The first-order valence-electron chi connectivity index (χ1n) is 10.6. The molecule has 0 bridgehead atoms. The predicted octanol–water partition coefficient (Wildman–Crippen LogP) is 3.74. The highest BCUT2D eigenvalue weighted by Crippen LogP contribution is 2.32. The van der Waals surface area contributed by atoms with Crippen LogP contribution in [0.15, 0.2) is 30.9 Å². The quantitative estimate of drug-likeness (QED) is 0.457. The Kier molecular flexibility index (Phi) is 5.86. The van der Waals surface area contributed by atoms with Crippen LogP contribution in [-0.4, -0.2) is 62.7 Å². The molecule has 4 heterocycles. The van der Waals surface area contributed by atoms with Gasteiger partial charge < -0.3 is 15.0 Å². The van der Waals surface area contributed by atoms with Crippen LogP contribution in [0.25, 0.3) is 21.9 Å². The Bertz CT molecular complexity index is 1260. The number of pyridine rings is 1. The number of nitrogens with one attached hydrogen (secondary N) is 2. The van der Waals surface area contributed by atoms with Gasteiger partial charge >= 0.3 is 0 Å². The number of halogens is 2. The second kappa shape index (κ2) is 8.93. The maximum atomic E-state index is 15.6. The van der Waals surface area contributed by atoms with Gasteiger partial charge in [0, 0.05) is 36.8 Å². The van der Waals surface area contributed by atoms with E-state index in [-0.39, 0.29) is 5.82 Å². The van der Waals surface area contributed by atoms with Crippen LogP contribution < -0.4 is 5.32 Å². The molecule has 0 amide bonds. The number of aromatic nitrogens is 5. The summed E-state index contributed by atoms with van der Waals surface area (Å²) in [6.07, 6.45) is 3.65. The van der Waals surface area contributed by atoms with Gasteiger partial charge in [-0.2, -0.15) is 0 Å². The highest BCUT2D eigenvalue weighted by atomic mass is 35.5. The first-order valence-corrected chi connectivity index (χ1v) is 11.0. The van der Waals surface area contributed by atoms with Gasteiger partial charge in [-0.3, -0.25) is 9.88 Å². The van der Waals surface area contributed by atoms with Crippen LogP contribution in [-0.2, 0) is 11.2 Å². The fraction of sp³-hybridized carbons (Fsp3) is 0.364. The van der Waals surface area contributed by atoms with Crippen molar-refractivity contribution >= 4 is 39.4 Å². The number of anilines is 1. The molecule has 1 fully saturated rings. The van der Waals surface area contributed by atoms with E-state index in [2.05, 4.69) is 30.2 Å². The molecule has 32 heavy (non-hydrogen) atoms. The monoisotopic (exact) mass is 455 g/mol. The predicted molar refractivity (Wildman–Crippen MR) is 121 cm³/mol. The van der Waals surface area contributed by atoms with E-state index in [1.807, 2.05) is 6.92 Å². The van der Waals surface area contributed by atoms with E-state index in [0.29, 0.717) is 44.9 Å². The molecule has 1 unspecified atom stereocenters.